The minimum atomic E-state index is -0.682. The van der Waals surface area contributed by atoms with Gasteiger partial charge in [-0.15, -0.1) is 0 Å². The lowest BCUT2D eigenvalue weighted by atomic mass is 9.88. The number of ether oxygens (including phenoxy) is 1. The molecule has 1 rings (SSSR count). The fourth-order valence-corrected chi connectivity index (χ4v) is 1.82. The van der Waals surface area contributed by atoms with Crippen molar-refractivity contribution in [2.75, 3.05) is 6.61 Å². The number of carbonyl (C=O) groups is 2. The first-order valence-corrected chi connectivity index (χ1v) is 6.14. The van der Waals surface area contributed by atoms with Crippen molar-refractivity contribution < 1.29 is 14.3 Å². The molecule has 1 atom stereocenters. The summed E-state index contributed by atoms with van der Waals surface area (Å²) in [6.45, 7) is 5.74. The van der Waals surface area contributed by atoms with Gasteiger partial charge in [-0.2, -0.15) is 0 Å². The van der Waals surface area contributed by atoms with Gasteiger partial charge in [0.25, 0.3) is 0 Å². The third-order valence-electron chi connectivity index (χ3n) is 2.68. The predicted octanol–water partition coefficient (Wildman–Crippen LogP) is 2.03. The summed E-state index contributed by atoms with van der Waals surface area (Å²) in [4.78, 5) is 27.8. The third kappa shape index (κ3) is 3.95. The summed E-state index contributed by atoms with van der Waals surface area (Å²) in [6, 6.07) is 3.56. The second kappa shape index (κ2) is 6.89. The lowest BCUT2D eigenvalue weighted by Gasteiger charge is -2.17. The van der Waals surface area contributed by atoms with Crippen molar-refractivity contribution in [3.05, 3.63) is 30.1 Å². The summed E-state index contributed by atoms with van der Waals surface area (Å²) >= 11 is 0. The molecule has 0 bridgehead atoms. The standard InChI is InChI=1S/C14H19NO3/c1-4-18-14(17)13(10(2)3)12(16)9-11-5-7-15-8-6-11/h5-8,10,13H,4,9H2,1-3H3. The van der Waals surface area contributed by atoms with Crippen molar-refractivity contribution in [3.63, 3.8) is 0 Å². The molecule has 4 nitrogen and oxygen atoms in total. The van der Waals surface area contributed by atoms with Crippen LogP contribution in [-0.2, 0) is 20.7 Å². The second-order valence-electron chi connectivity index (χ2n) is 4.47. The van der Waals surface area contributed by atoms with Crippen LogP contribution in [0.25, 0.3) is 0 Å². The number of ketones is 1. The van der Waals surface area contributed by atoms with E-state index in [-0.39, 0.29) is 18.1 Å². The Bertz CT molecular complexity index is 401. The van der Waals surface area contributed by atoms with Crippen molar-refractivity contribution in [1.82, 2.24) is 4.98 Å². The molecular weight excluding hydrogens is 230 g/mol. The van der Waals surface area contributed by atoms with Gasteiger partial charge in [-0.3, -0.25) is 14.6 Å². The highest BCUT2D eigenvalue weighted by molar-refractivity contribution is 6.00. The SMILES string of the molecule is CCOC(=O)C(C(=O)Cc1ccncc1)C(C)C. The molecule has 0 spiro atoms. The van der Waals surface area contributed by atoms with Crippen molar-refractivity contribution in [2.45, 2.75) is 27.2 Å². The zero-order valence-corrected chi connectivity index (χ0v) is 11.1. The molecule has 18 heavy (non-hydrogen) atoms. The van der Waals surface area contributed by atoms with Crippen LogP contribution in [0.1, 0.15) is 26.3 Å². The van der Waals surface area contributed by atoms with E-state index in [9.17, 15) is 9.59 Å². The Morgan fingerprint density at radius 1 is 1.28 bits per heavy atom. The van der Waals surface area contributed by atoms with Crippen molar-refractivity contribution in [3.8, 4) is 0 Å². The first kappa shape index (κ1) is 14.4. The van der Waals surface area contributed by atoms with Gasteiger partial charge in [0.05, 0.1) is 6.61 Å². The molecule has 1 aromatic rings. The average Bonchev–Trinajstić information content (AvgIpc) is 2.30. The van der Waals surface area contributed by atoms with Crippen molar-refractivity contribution >= 4 is 11.8 Å². The van der Waals surface area contributed by atoms with Gasteiger partial charge in [-0.05, 0) is 30.5 Å². The van der Waals surface area contributed by atoms with Crippen molar-refractivity contribution in [2.24, 2.45) is 11.8 Å². The van der Waals surface area contributed by atoms with Crippen LogP contribution in [0.2, 0.25) is 0 Å². The van der Waals surface area contributed by atoms with Gasteiger partial charge in [-0.1, -0.05) is 13.8 Å². The maximum Gasteiger partial charge on any atom is 0.316 e. The third-order valence-corrected chi connectivity index (χ3v) is 2.68. The number of carbonyl (C=O) groups excluding carboxylic acids is 2. The molecule has 1 heterocycles. The molecular formula is C14H19NO3. The van der Waals surface area contributed by atoms with Gasteiger partial charge in [-0.25, -0.2) is 0 Å². The molecule has 0 aliphatic rings. The van der Waals surface area contributed by atoms with Crippen LogP contribution < -0.4 is 0 Å². The molecule has 1 unspecified atom stereocenters. The number of nitrogens with zero attached hydrogens (tertiary/aromatic N) is 1. The van der Waals surface area contributed by atoms with Gasteiger partial charge in [0.15, 0.2) is 5.78 Å². The Hall–Kier alpha value is -1.71. The van der Waals surface area contributed by atoms with E-state index in [0.29, 0.717) is 6.61 Å². The van der Waals surface area contributed by atoms with Crippen LogP contribution in [0.15, 0.2) is 24.5 Å². The van der Waals surface area contributed by atoms with E-state index >= 15 is 0 Å². The van der Waals surface area contributed by atoms with Crippen LogP contribution in [0.5, 0.6) is 0 Å². The summed E-state index contributed by atoms with van der Waals surface area (Å²) in [5.74, 6) is -1.27. The predicted molar refractivity (Wildman–Crippen MR) is 67.9 cm³/mol. The highest BCUT2D eigenvalue weighted by Gasteiger charge is 2.30. The van der Waals surface area contributed by atoms with Gasteiger partial charge in [0, 0.05) is 18.8 Å². The van der Waals surface area contributed by atoms with E-state index in [1.165, 1.54) is 0 Å². The molecule has 0 saturated heterocycles. The second-order valence-corrected chi connectivity index (χ2v) is 4.47. The van der Waals surface area contributed by atoms with Crippen LogP contribution in [0, 0.1) is 11.8 Å². The highest BCUT2D eigenvalue weighted by atomic mass is 16.5. The molecule has 0 aliphatic carbocycles. The van der Waals surface area contributed by atoms with Crippen LogP contribution in [0.3, 0.4) is 0 Å². The molecule has 0 fully saturated rings. The van der Waals surface area contributed by atoms with Gasteiger partial charge in [0.2, 0.25) is 0 Å². The number of pyridine rings is 1. The minimum Gasteiger partial charge on any atom is -0.465 e. The van der Waals surface area contributed by atoms with Gasteiger partial charge in [0.1, 0.15) is 5.92 Å². The van der Waals surface area contributed by atoms with E-state index in [1.54, 1.807) is 31.5 Å². The number of rotatable bonds is 6. The number of hydrogen-bond acceptors (Lipinski definition) is 4. The fraction of sp³-hybridized carbons (Fsp3) is 0.500. The molecule has 0 saturated carbocycles. The molecule has 4 heteroatoms. The van der Waals surface area contributed by atoms with Crippen LogP contribution >= 0.6 is 0 Å². The molecule has 0 radical (unpaired) electrons. The quantitative estimate of drug-likeness (QED) is 0.572. The monoisotopic (exact) mass is 249 g/mol. The highest BCUT2D eigenvalue weighted by Crippen LogP contribution is 2.16. The maximum atomic E-state index is 12.1. The normalized spacial score (nSPS) is 12.2. The molecule has 0 N–H and O–H groups in total. The molecule has 0 aromatic carbocycles. The van der Waals surface area contributed by atoms with E-state index in [4.69, 9.17) is 4.74 Å². The van der Waals surface area contributed by atoms with E-state index in [1.807, 2.05) is 13.8 Å². The number of Topliss-reactive ketones (excluding diaryl/α,β-unsaturated/α-hetero) is 1. The van der Waals surface area contributed by atoms with E-state index in [0.717, 1.165) is 5.56 Å². The Kier molecular flexibility index (Phi) is 5.49. The summed E-state index contributed by atoms with van der Waals surface area (Å²) < 4.78 is 4.95. The van der Waals surface area contributed by atoms with E-state index in [2.05, 4.69) is 4.98 Å². The first-order chi connectivity index (χ1) is 8.56. The summed E-state index contributed by atoms with van der Waals surface area (Å²) in [5.41, 5.74) is 0.866. The lowest BCUT2D eigenvalue weighted by molar-refractivity contribution is -0.153. The molecule has 98 valence electrons. The Labute approximate surface area is 107 Å². The summed E-state index contributed by atoms with van der Waals surface area (Å²) in [7, 11) is 0. The Balaban J connectivity index is 2.75. The zero-order valence-electron chi connectivity index (χ0n) is 11.1. The van der Waals surface area contributed by atoms with Crippen LogP contribution in [0.4, 0.5) is 0 Å². The topological polar surface area (TPSA) is 56.3 Å². The summed E-state index contributed by atoms with van der Waals surface area (Å²) in [6.07, 6.45) is 3.51. The Morgan fingerprint density at radius 2 is 1.89 bits per heavy atom. The number of hydrogen-bond donors (Lipinski definition) is 0. The number of aromatic nitrogens is 1. The summed E-state index contributed by atoms with van der Waals surface area (Å²) in [5, 5.41) is 0. The molecule has 1 aromatic heterocycles. The minimum absolute atomic E-state index is 0.0570. The smallest absolute Gasteiger partial charge is 0.316 e. The Morgan fingerprint density at radius 3 is 2.39 bits per heavy atom. The van der Waals surface area contributed by atoms with Gasteiger partial charge >= 0.3 is 5.97 Å². The largest absolute Gasteiger partial charge is 0.465 e. The average molecular weight is 249 g/mol. The fourth-order valence-electron chi connectivity index (χ4n) is 1.82. The number of esters is 1. The zero-order chi connectivity index (χ0) is 13.5. The van der Waals surface area contributed by atoms with Crippen molar-refractivity contribution in [1.29, 1.82) is 0 Å². The van der Waals surface area contributed by atoms with Crippen LogP contribution in [-0.4, -0.2) is 23.3 Å². The first-order valence-electron chi connectivity index (χ1n) is 6.14. The van der Waals surface area contributed by atoms with Gasteiger partial charge < -0.3 is 4.74 Å². The van der Waals surface area contributed by atoms with E-state index < -0.39 is 11.9 Å². The maximum absolute atomic E-state index is 12.1. The molecule has 0 amide bonds. The molecule has 0 aliphatic heterocycles. The lowest BCUT2D eigenvalue weighted by Crippen LogP contribution is -2.31.